The van der Waals surface area contributed by atoms with Crippen molar-refractivity contribution >= 4 is 11.9 Å². The van der Waals surface area contributed by atoms with Gasteiger partial charge in [0, 0.05) is 18.7 Å². The van der Waals surface area contributed by atoms with Crippen molar-refractivity contribution in [1.29, 1.82) is 0 Å². The van der Waals surface area contributed by atoms with Gasteiger partial charge in [-0.05, 0) is 39.7 Å². The largest absolute Gasteiger partial charge is 0.480 e. The number of amides is 1. The smallest absolute Gasteiger partial charge is 0.328 e. The summed E-state index contributed by atoms with van der Waals surface area (Å²) in [5.41, 5.74) is 1.06. The molecule has 7 nitrogen and oxygen atoms in total. The second-order valence-corrected chi connectivity index (χ2v) is 6.63. The normalized spacial score (nSPS) is 16.4. The van der Waals surface area contributed by atoms with Gasteiger partial charge in [0.2, 0.25) is 0 Å². The lowest BCUT2D eigenvalue weighted by Gasteiger charge is -2.22. The van der Waals surface area contributed by atoms with E-state index in [1.165, 1.54) is 7.11 Å². The first kappa shape index (κ1) is 16.5. The van der Waals surface area contributed by atoms with E-state index in [1.54, 1.807) is 6.07 Å². The molecule has 122 valence electrons. The first-order valence-electron chi connectivity index (χ1n) is 7.37. The summed E-state index contributed by atoms with van der Waals surface area (Å²) in [5.74, 6) is -1.18. The summed E-state index contributed by atoms with van der Waals surface area (Å²) in [6.07, 6.45) is 2.20. The maximum atomic E-state index is 12.3. The lowest BCUT2D eigenvalue weighted by atomic mass is 10.1. The van der Waals surface area contributed by atoms with Crippen molar-refractivity contribution in [2.45, 2.75) is 51.1 Å². The number of hydrogen-bond donors (Lipinski definition) is 2. The Morgan fingerprint density at radius 2 is 2.14 bits per heavy atom. The molecule has 0 aromatic carbocycles. The number of rotatable bonds is 6. The molecule has 2 rings (SSSR count). The van der Waals surface area contributed by atoms with Crippen LogP contribution in [0.1, 0.15) is 55.7 Å². The Kier molecular flexibility index (Phi) is 4.55. The molecule has 1 aromatic heterocycles. The SMILES string of the molecule is COCC(NC(=O)c1cc(C2CC2)n(C(C)(C)C)n1)C(=O)O. The zero-order valence-corrected chi connectivity index (χ0v) is 13.4. The number of carbonyl (C=O) groups excluding carboxylic acids is 1. The molecule has 1 amide bonds. The van der Waals surface area contributed by atoms with Gasteiger partial charge in [-0.1, -0.05) is 0 Å². The van der Waals surface area contributed by atoms with Crippen LogP contribution in [0.15, 0.2) is 6.07 Å². The number of carboxylic acid groups (broad SMARTS) is 1. The fourth-order valence-electron chi connectivity index (χ4n) is 2.29. The Balaban J connectivity index is 2.21. The zero-order valence-electron chi connectivity index (χ0n) is 13.4. The quantitative estimate of drug-likeness (QED) is 0.827. The van der Waals surface area contributed by atoms with Gasteiger partial charge in [0.1, 0.15) is 5.69 Å². The van der Waals surface area contributed by atoms with E-state index in [1.807, 2.05) is 25.5 Å². The zero-order chi connectivity index (χ0) is 16.5. The van der Waals surface area contributed by atoms with Crippen LogP contribution in [0.4, 0.5) is 0 Å². The van der Waals surface area contributed by atoms with E-state index in [-0.39, 0.29) is 17.8 Å². The van der Waals surface area contributed by atoms with Crippen molar-refractivity contribution < 1.29 is 19.4 Å². The van der Waals surface area contributed by atoms with Gasteiger partial charge in [-0.25, -0.2) is 4.79 Å². The first-order valence-corrected chi connectivity index (χ1v) is 7.37. The molecule has 1 unspecified atom stereocenters. The molecule has 0 bridgehead atoms. The van der Waals surface area contributed by atoms with Crippen molar-refractivity contribution in [2.24, 2.45) is 0 Å². The highest BCUT2D eigenvalue weighted by molar-refractivity contribution is 5.95. The average molecular weight is 309 g/mol. The second kappa shape index (κ2) is 6.08. The Hall–Kier alpha value is -1.89. The summed E-state index contributed by atoms with van der Waals surface area (Å²) < 4.78 is 6.68. The molecule has 1 fully saturated rings. The van der Waals surface area contributed by atoms with Crippen LogP contribution in [0.25, 0.3) is 0 Å². The topological polar surface area (TPSA) is 93.5 Å². The van der Waals surface area contributed by atoms with Crippen LogP contribution in [0.2, 0.25) is 0 Å². The summed E-state index contributed by atoms with van der Waals surface area (Å²) in [4.78, 5) is 23.3. The molecule has 0 aliphatic heterocycles. The van der Waals surface area contributed by atoms with E-state index >= 15 is 0 Å². The van der Waals surface area contributed by atoms with Crippen LogP contribution < -0.4 is 5.32 Å². The standard InChI is InChI=1S/C15H23N3O4/c1-15(2,3)18-12(9-5-6-9)7-10(17-18)13(19)16-11(8-22-4)14(20)21/h7,9,11H,5-6,8H2,1-4H3,(H,16,19)(H,20,21). The summed E-state index contributed by atoms with van der Waals surface area (Å²) in [5, 5.41) is 15.9. The number of nitrogens with zero attached hydrogens (tertiary/aromatic N) is 2. The number of carbonyl (C=O) groups is 2. The van der Waals surface area contributed by atoms with Gasteiger partial charge < -0.3 is 15.2 Å². The highest BCUT2D eigenvalue weighted by Crippen LogP contribution is 2.41. The molecule has 1 aliphatic carbocycles. The molecule has 1 aromatic rings. The Labute approximate surface area is 129 Å². The van der Waals surface area contributed by atoms with E-state index in [9.17, 15) is 9.59 Å². The molecule has 0 spiro atoms. The predicted octanol–water partition coefficient (Wildman–Crippen LogP) is 1.34. The number of methoxy groups -OCH3 is 1. The highest BCUT2D eigenvalue weighted by atomic mass is 16.5. The van der Waals surface area contributed by atoms with Crippen molar-refractivity contribution in [1.82, 2.24) is 15.1 Å². The molecule has 1 saturated carbocycles. The number of hydrogen-bond acceptors (Lipinski definition) is 4. The second-order valence-electron chi connectivity index (χ2n) is 6.63. The van der Waals surface area contributed by atoms with Crippen molar-refractivity contribution in [2.75, 3.05) is 13.7 Å². The van der Waals surface area contributed by atoms with E-state index in [0.29, 0.717) is 5.92 Å². The Bertz CT molecular complexity index is 570. The lowest BCUT2D eigenvalue weighted by Crippen LogP contribution is -2.44. The van der Waals surface area contributed by atoms with Crippen LogP contribution >= 0.6 is 0 Å². The van der Waals surface area contributed by atoms with Crippen molar-refractivity contribution in [3.63, 3.8) is 0 Å². The number of aromatic nitrogens is 2. The molecular formula is C15H23N3O4. The van der Waals surface area contributed by atoms with E-state index < -0.39 is 17.9 Å². The van der Waals surface area contributed by atoms with Crippen LogP contribution in [0, 0.1) is 0 Å². The molecule has 1 atom stereocenters. The monoisotopic (exact) mass is 309 g/mol. The Morgan fingerprint density at radius 3 is 2.59 bits per heavy atom. The number of aliphatic carboxylic acids is 1. The van der Waals surface area contributed by atoms with Crippen LogP contribution in [0.5, 0.6) is 0 Å². The summed E-state index contributed by atoms with van der Waals surface area (Å²) in [6.45, 7) is 5.99. The molecule has 0 saturated heterocycles. The van der Waals surface area contributed by atoms with E-state index in [4.69, 9.17) is 9.84 Å². The number of carboxylic acids is 1. The molecule has 1 heterocycles. The predicted molar refractivity (Wildman–Crippen MR) is 80.0 cm³/mol. The van der Waals surface area contributed by atoms with Gasteiger partial charge in [0.15, 0.2) is 6.04 Å². The lowest BCUT2D eigenvalue weighted by molar-refractivity contribution is -0.140. The van der Waals surface area contributed by atoms with Gasteiger partial charge >= 0.3 is 5.97 Å². The number of nitrogens with one attached hydrogen (secondary N) is 1. The summed E-state index contributed by atoms with van der Waals surface area (Å²) in [6, 6.07) is 0.686. The highest BCUT2D eigenvalue weighted by Gasteiger charge is 2.33. The third kappa shape index (κ3) is 3.65. The molecule has 2 N–H and O–H groups in total. The van der Waals surface area contributed by atoms with Gasteiger partial charge in [-0.3, -0.25) is 9.48 Å². The van der Waals surface area contributed by atoms with Gasteiger partial charge in [0.25, 0.3) is 5.91 Å². The molecule has 0 radical (unpaired) electrons. The fourth-order valence-corrected chi connectivity index (χ4v) is 2.29. The molecule has 22 heavy (non-hydrogen) atoms. The summed E-state index contributed by atoms with van der Waals surface area (Å²) in [7, 11) is 1.39. The van der Waals surface area contributed by atoms with Gasteiger partial charge in [0.05, 0.1) is 12.1 Å². The van der Waals surface area contributed by atoms with Gasteiger partial charge in [-0.15, -0.1) is 0 Å². The van der Waals surface area contributed by atoms with E-state index in [2.05, 4.69) is 10.4 Å². The fraction of sp³-hybridized carbons (Fsp3) is 0.667. The van der Waals surface area contributed by atoms with Crippen LogP contribution in [-0.4, -0.2) is 46.5 Å². The number of ether oxygens (including phenoxy) is 1. The van der Waals surface area contributed by atoms with Crippen LogP contribution in [0.3, 0.4) is 0 Å². The molecular weight excluding hydrogens is 286 g/mol. The van der Waals surface area contributed by atoms with E-state index in [0.717, 1.165) is 18.5 Å². The minimum atomic E-state index is -1.13. The third-order valence-electron chi connectivity index (χ3n) is 3.54. The van der Waals surface area contributed by atoms with Gasteiger partial charge in [-0.2, -0.15) is 5.10 Å². The first-order chi connectivity index (χ1) is 10.2. The minimum absolute atomic E-state index is 0.0868. The summed E-state index contributed by atoms with van der Waals surface area (Å²) >= 11 is 0. The van der Waals surface area contributed by atoms with Crippen LogP contribution in [-0.2, 0) is 15.1 Å². The molecule has 1 aliphatic rings. The Morgan fingerprint density at radius 1 is 1.50 bits per heavy atom. The van der Waals surface area contributed by atoms with Crippen molar-refractivity contribution in [3.8, 4) is 0 Å². The maximum absolute atomic E-state index is 12.3. The van der Waals surface area contributed by atoms with Crippen molar-refractivity contribution in [3.05, 3.63) is 17.5 Å². The minimum Gasteiger partial charge on any atom is -0.480 e. The maximum Gasteiger partial charge on any atom is 0.328 e. The third-order valence-corrected chi connectivity index (χ3v) is 3.54. The average Bonchev–Trinajstić information content (AvgIpc) is 3.15. The molecule has 7 heteroatoms.